The van der Waals surface area contributed by atoms with Gasteiger partial charge in [-0.15, -0.1) is 0 Å². The van der Waals surface area contributed by atoms with Gasteiger partial charge in [0.05, 0.1) is 13.0 Å². The first-order valence-corrected chi connectivity index (χ1v) is 9.11. The summed E-state index contributed by atoms with van der Waals surface area (Å²) in [6, 6.07) is 14.3. The topological polar surface area (TPSA) is 35.5 Å². The van der Waals surface area contributed by atoms with Gasteiger partial charge >= 0.3 is 5.97 Å². The molecule has 0 aromatic heterocycles. The summed E-state index contributed by atoms with van der Waals surface area (Å²) in [5.41, 5.74) is 4.57. The summed E-state index contributed by atoms with van der Waals surface area (Å²) >= 11 is 0. The van der Waals surface area contributed by atoms with Gasteiger partial charge in [0.25, 0.3) is 0 Å². The van der Waals surface area contributed by atoms with Crippen LogP contribution in [0, 0.1) is 13.8 Å². The molecule has 1 unspecified atom stereocenters. The Morgan fingerprint density at radius 3 is 2.54 bits per heavy atom. The average Bonchev–Trinajstić information content (AvgIpc) is 2.62. The molecule has 0 saturated heterocycles. The lowest BCUT2D eigenvalue weighted by Crippen LogP contribution is -2.09. The lowest BCUT2D eigenvalue weighted by atomic mass is 9.93. The van der Waals surface area contributed by atoms with E-state index in [2.05, 4.69) is 25.1 Å². The molecule has 2 aromatic carbocycles. The Balaban J connectivity index is 2.11. The van der Waals surface area contributed by atoms with Crippen molar-refractivity contribution in [2.24, 2.45) is 0 Å². The van der Waals surface area contributed by atoms with Gasteiger partial charge < -0.3 is 9.47 Å². The zero-order valence-corrected chi connectivity index (χ0v) is 16.1. The van der Waals surface area contributed by atoms with Crippen molar-refractivity contribution in [1.82, 2.24) is 0 Å². The first kappa shape index (κ1) is 19.8. The van der Waals surface area contributed by atoms with Crippen LogP contribution >= 0.6 is 0 Å². The molecule has 0 aliphatic rings. The molecule has 2 aromatic rings. The molecule has 3 nitrogen and oxygen atoms in total. The molecule has 3 heteroatoms. The van der Waals surface area contributed by atoms with E-state index in [1.165, 1.54) is 11.1 Å². The molecule has 26 heavy (non-hydrogen) atoms. The highest BCUT2D eigenvalue weighted by molar-refractivity contribution is 5.71. The molecule has 0 bridgehead atoms. The molecule has 0 saturated carbocycles. The first-order valence-electron chi connectivity index (χ1n) is 9.11. The third-order valence-electron chi connectivity index (χ3n) is 4.39. The van der Waals surface area contributed by atoms with Gasteiger partial charge in [-0.05, 0) is 56.0 Å². The third-order valence-corrected chi connectivity index (χ3v) is 4.39. The Morgan fingerprint density at radius 2 is 1.88 bits per heavy atom. The van der Waals surface area contributed by atoms with Crippen molar-refractivity contribution in [2.75, 3.05) is 6.61 Å². The van der Waals surface area contributed by atoms with E-state index in [0.29, 0.717) is 19.6 Å². The zero-order chi connectivity index (χ0) is 18.9. The smallest absolute Gasteiger partial charge is 0.306 e. The van der Waals surface area contributed by atoms with Gasteiger partial charge in [0.2, 0.25) is 0 Å². The Kier molecular flexibility index (Phi) is 7.46. The van der Waals surface area contributed by atoms with Gasteiger partial charge in [-0.25, -0.2) is 0 Å². The monoisotopic (exact) mass is 352 g/mol. The fourth-order valence-electron chi connectivity index (χ4n) is 2.92. The van der Waals surface area contributed by atoms with Crippen molar-refractivity contribution in [3.8, 4) is 5.75 Å². The van der Waals surface area contributed by atoms with Crippen molar-refractivity contribution in [3.63, 3.8) is 0 Å². The quantitative estimate of drug-likeness (QED) is 0.465. The molecule has 1 atom stereocenters. The van der Waals surface area contributed by atoms with E-state index in [1.54, 1.807) is 0 Å². The molecule has 0 fully saturated rings. The van der Waals surface area contributed by atoms with Crippen LogP contribution < -0.4 is 4.74 Å². The second kappa shape index (κ2) is 9.81. The molecule has 0 spiro atoms. The van der Waals surface area contributed by atoms with Gasteiger partial charge in [0.15, 0.2) is 0 Å². The van der Waals surface area contributed by atoms with E-state index in [0.717, 1.165) is 16.9 Å². The summed E-state index contributed by atoms with van der Waals surface area (Å²) < 4.78 is 11.1. The highest BCUT2D eigenvalue weighted by Gasteiger charge is 2.15. The maximum Gasteiger partial charge on any atom is 0.306 e. The minimum absolute atomic E-state index is 0.0168. The fraction of sp³-hybridized carbons (Fsp3) is 0.348. The van der Waals surface area contributed by atoms with Crippen LogP contribution in [-0.4, -0.2) is 12.6 Å². The fourth-order valence-corrected chi connectivity index (χ4v) is 2.92. The number of esters is 1. The molecule has 0 aliphatic carbocycles. The molecule has 0 amide bonds. The van der Waals surface area contributed by atoms with E-state index in [9.17, 15) is 4.79 Å². The van der Waals surface area contributed by atoms with Crippen LogP contribution in [0.2, 0.25) is 0 Å². The van der Waals surface area contributed by atoms with Gasteiger partial charge in [-0.2, -0.15) is 0 Å². The summed E-state index contributed by atoms with van der Waals surface area (Å²) in [6.07, 6.45) is 4.36. The summed E-state index contributed by atoms with van der Waals surface area (Å²) in [4.78, 5) is 11.9. The van der Waals surface area contributed by atoms with E-state index in [1.807, 2.05) is 57.2 Å². The average molecular weight is 352 g/mol. The number of carbonyl (C=O) groups is 1. The van der Waals surface area contributed by atoms with Crippen molar-refractivity contribution < 1.29 is 14.3 Å². The molecule has 0 aliphatic heterocycles. The highest BCUT2D eigenvalue weighted by Crippen LogP contribution is 2.28. The van der Waals surface area contributed by atoms with Crippen LogP contribution in [0.4, 0.5) is 0 Å². The lowest BCUT2D eigenvalue weighted by molar-refractivity contribution is -0.143. The summed E-state index contributed by atoms with van der Waals surface area (Å²) in [5.74, 6) is 0.712. The van der Waals surface area contributed by atoms with Crippen molar-refractivity contribution in [2.45, 2.75) is 46.6 Å². The standard InChI is InChI=1S/C23H28O3/c1-5-9-19(15-23(24)25-6-2)20-12-13-22(18(4)14-20)26-16-21-11-8-7-10-17(21)3/h5,7-14,19H,6,15-16H2,1-4H3/b9-5+. The summed E-state index contributed by atoms with van der Waals surface area (Å²) in [6.45, 7) is 8.87. The first-order chi connectivity index (χ1) is 12.5. The maximum absolute atomic E-state index is 11.9. The normalized spacial score (nSPS) is 12.2. The Bertz CT molecular complexity index is 762. The number of allylic oxidation sites excluding steroid dienone is 2. The maximum atomic E-state index is 11.9. The molecule has 2 rings (SSSR count). The van der Waals surface area contributed by atoms with Gasteiger partial charge in [0.1, 0.15) is 12.4 Å². The highest BCUT2D eigenvalue weighted by atomic mass is 16.5. The van der Waals surface area contributed by atoms with Gasteiger partial charge in [-0.3, -0.25) is 4.79 Å². The van der Waals surface area contributed by atoms with Crippen molar-refractivity contribution in [3.05, 3.63) is 76.9 Å². The molecular weight excluding hydrogens is 324 g/mol. The van der Waals surface area contributed by atoms with Crippen LogP contribution in [0.25, 0.3) is 0 Å². The second-order valence-electron chi connectivity index (χ2n) is 6.38. The van der Waals surface area contributed by atoms with E-state index in [4.69, 9.17) is 9.47 Å². The minimum atomic E-state index is -0.173. The Morgan fingerprint density at radius 1 is 1.12 bits per heavy atom. The lowest BCUT2D eigenvalue weighted by Gasteiger charge is -2.16. The molecular formula is C23H28O3. The third kappa shape index (κ3) is 5.48. The summed E-state index contributed by atoms with van der Waals surface area (Å²) in [5, 5.41) is 0. The van der Waals surface area contributed by atoms with Crippen LogP contribution in [0.15, 0.2) is 54.6 Å². The molecule has 0 N–H and O–H groups in total. The van der Waals surface area contributed by atoms with Crippen molar-refractivity contribution >= 4 is 5.97 Å². The van der Waals surface area contributed by atoms with Gasteiger partial charge in [-0.1, -0.05) is 48.6 Å². The minimum Gasteiger partial charge on any atom is -0.489 e. The van der Waals surface area contributed by atoms with E-state index in [-0.39, 0.29) is 11.9 Å². The van der Waals surface area contributed by atoms with E-state index >= 15 is 0 Å². The Labute approximate surface area is 156 Å². The van der Waals surface area contributed by atoms with Crippen LogP contribution in [0.1, 0.15) is 48.4 Å². The number of hydrogen-bond donors (Lipinski definition) is 0. The number of rotatable bonds is 8. The molecule has 138 valence electrons. The van der Waals surface area contributed by atoms with Crippen LogP contribution in [0.5, 0.6) is 5.75 Å². The number of aryl methyl sites for hydroxylation is 2. The Hall–Kier alpha value is -2.55. The SMILES string of the molecule is C/C=C/C(CC(=O)OCC)c1ccc(OCc2ccccc2C)c(C)c1. The number of ether oxygens (including phenoxy) is 2. The summed E-state index contributed by atoms with van der Waals surface area (Å²) in [7, 11) is 0. The number of benzene rings is 2. The van der Waals surface area contributed by atoms with Crippen molar-refractivity contribution in [1.29, 1.82) is 0 Å². The zero-order valence-electron chi connectivity index (χ0n) is 16.1. The molecule has 0 radical (unpaired) electrons. The predicted octanol–water partition coefficient (Wildman–Crippen LogP) is 5.50. The predicted molar refractivity (Wildman–Crippen MR) is 105 cm³/mol. The van der Waals surface area contributed by atoms with E-state index < -0.39 is 0 Å². The largest absolute Gasteiger partial charge is 0.489 e. The molecule has 0 heterocycles. The van der Waals surface area contributed by atoms with Crippen LogP contribution in [-0.2, 0) is 16.1 Å². The second-order valence-corrected chi connectivity index (χ2v) is 6.38. The number of hydrogen-bond acceptors (Lipinski definition) is 3. The number of carbonyl (C=O) groups excluding carboxylic acids is 1. The van der Waals surface area contributed by atoms with Crippen LogP contribution in [0.3, 0.4) is 0 Å². The van der Waals surface area contributed by atoms with Gasteiger partial charge in [0, 0.05) is 5.92 Å².